The molecular formula is C14H17N3OS. The van der Waals surface area contributed by atoms with Crippen molar-refractivity contribution in [1.29, 1.82) is 0 Å². The van der Waals surface area contributed by atoms with Crippen molar-refractivity contribution < 1.29 is 4.79 Å². The molecule has 0 bridgehead atoms. The van der Waals surface area contributed by atoms with Gasteiger partial charge in [0.1, 0.15) is 5.82 Å². The second-order valence-electron chi connectivity index (χ2n) is 4.38. The van der Waals surface area contributed by atoms with E-state index in [1.54, 1.807) is 36.1 Å². The third-order valence-corrected chi connectivity index (χ3v) is 3.69. The van der Waals surface area contributed by atoms with Gasteiger partial charge in [-0.2, -0.15) is 0 Å². The maximum atomic E-state index is 12.4. The Morgan fingerprint density at radius 1 is 1.47 bits per heavy atom. The van der Waals surface area contributed by atoms with Crippen LogP contribution in [0.1, 0.15) is 21.7 Å². The molecule has 1 N–H and O–H groups in total. The summed E-state index contributed by atoms with van der Waals surface area (Å²) >= 11 is 1.64. The van der Waals surface area contributed by atoms with E-state index in [-0.39, 0.29) is 5.91 Å². The van der Waals surface area contributed by atoms with Crippen LogP contribution in [0.4, 0.5) is 0 Å². The molecule has 1 aromatic carbocycles. The summed E-state index contributed by atoms with van der Waals surface area (Å²) in [5.41, 5.74) is 1.75. The molecule has 2 rings (SSSR count). The smallest absolute Gasteiger partial charge is 0.254 e. The fourth-order valence-corrected chi connectivity index (χ4v) is 2.28. The fourth-order valence-electron chi connectivity index (χ4n) is 1.85. The number of thioether (sulfide) groups is 1. The third kappa shape index (κ3) is 3.17. The molecule has 0 saturated heterocycles. The highest BCUT2D eigenvalue weighted by molar-refractivity contribution is 7.98. The van der Waals surface area contributed by atoms with Crippen molar-refractivity contribution in [2.75, 3.05) is 13.3 Å². The van der Waals surface area contributed by atoms with E-state index >= 15 is 0 Å². The minimum Gasteiger partial charge on any atom is -0.347 e. The van der Waals surface area contributed by atoms with Crippen molar-refractivity contribution >= 4 is 17.7 Å². The number of aryl methyl sites for hydroxylation is 1. The third-order valence-electron chi connectivity index (χ3n) is 2.96. The van der Waals surface area contributed by atoms with Crippen LogP contribution in [0.2, 0.25) is 0 Å². The first-order valence-electron chi connectivity index (χ1n) is 6.00. The van der Waals surface area contributed by atoms with Gasteiger partial charge in [0.2, 0.25) is 0 Å². The largest absolute Gasteiger partial charge is 0.347 e. The number of nitrogens with one attached hydrogen (secondary N) is 1. The lowest BCUT2D eigenvalue weighted by Gasteiger charge is -2.17. The molecule has 0 aliphatic heterocycles. The molecule has 0 spiro atoms. The molecule has 4 nitrogen and oxygen atoms in total. The Labute approximate surface area is 117 Å². The molecule has 0 aliphatic rings. The maximum absolute atomic E-state index is 12.4. The predicted molar refractivity (Wildman–Crippen MR) is 77.3 cm³/mol. The number of rotatable bonds is 4. The van der Waals surface area contributed by atoms with E-state index in [4.69, 9.17) is 0 Å². The number of H-pyrrole nitrogens is 1. The first-order valence-corrected chi connectivity index (χ1v) is 7.22. The molecule has 5 heteroatoms. The van der Waals surface area contributed by atoms with Crippen LogP contribution < -0.4 is 0 Å². The van der Waals surface area contributed by atoms with Crippen LogP contribution in [0.5, 0.6) is 0 Å². The molecular weight excluding hydrogens is 258 g/mol. The number of imidazole rings is 1. The number of hydrogen-bond acceptors (Lipinski definition) is 3. The lowest BCUT2D eigenvalue weighted by molar-refractivity contribution is 0.0781. The van der Waals surface area contributed by atoms with Gasteiger partial charge < -0.3 is 9.88 Å². The molecule has 0 aliphatic carbocycles. The topological polar surface area (TPSA) is 49.0 Å². The first-order chi connectivity index (χ1) is 9.11. The predicted octanol–water partition coefficient (Wildman–Crippen LogP) is 2.71. The van der Waals surface area contributed by atoms with Crippen LogP contribution in [0, 0.1) is 6.92 Å². The lowest BCUT2D eigenvalue weighted by atomic mass is 10.1. The van der Waals surface area contributed by atoms with Crippen molar-refractivity contribution in [3.05, 3.63) is 47.5 Å². The van der Waals surface area contributed by atoms with E-state index in [2.05, 4.69) is 9.97 Å². The zero-order valence-electron chi connectivity index (χ0n) is 11.3. The Morgan fingerprint density at radius 2 is 2.26 bits per heavy atom. The van der Waals surface area contributed by atoms with E-state index < -0.39 is 0 Å². The van der Waals surface area contributed by atoms with Crippen LogP contribution in [0.15, 0.2) is 35.5 Å². The highest BCUT2D eigenvalue weighted by Crippen LogP contribution is 2.20. The van der Waals surface area contributed by atoms with Gasteiger partial charge in [0.15, 0.2) is 0 Å². The Morgan fingerprint density at radius 3 is 2.89 bits per heavy atom. The number of carbonyl (C=O) groups is 1. The molecule has 0 saturated carbocycles. The van der Waals surface area contributed by atoms with Gasteiger partial charge in [-0.25, -0.2) is 4.98 Å². The van der Waals surface area contributed by atoms with Crippen LogP contribution in [0.3, 0.4) is 0 Å². The van der Waals surface area contributed by atoms with E-state index in [0.29, 0.717) is 6.54 Å². The average molecular weight is 275 g/mol. The van der Waals surface area contributed by atoms with Crippen LogP contribution in [-0.4, -0.2) is 34.1 Å². The monoisotopic (exact) mass is 275 g/mol. The molecule has 1 heterocycles. The van der Waals surface area contributed by atoms with Crippen molar-refractivity contribution in [2.45, 2.75) is 18.4 Å². The van der Waals surface area contributed by atoms with E-state index in [9.17, 15) is 4.79 Å². The Kier molecular flexibility index (Phi) is 4.27. The minimum atomic E-state index is 0.0183. The minimum absolute atomic E-state index is 0.0183. The maximum Gasteiger partial charge on any atom is 0.254 e. The summed E-state index contributed by atoms with van der Waals surface area (Å²) in [6.45, 7) is 2.44. The Hall–Kier alpha value is -1.75. The van der Waals surface area contributed by atoms with E-state index in [1.165, 1.54) is 0 Å². The summed E-state index contributed by atoms with van der Waals surface area (Å²) in [6.07, 6.45) is 5.45. The summed E-state index contributed by atoms with van der Waals surface area (Å²) in [5.74, 6) is 0.805. The van der Waals surface area contributed by atoms with E-state index in [0.717, 1.165) is 21.8 Å². The number of hydrogen-bond donors (Lipinski definition) is 1. The van der Waals surface area contributed by atoms with Crippen molar-refractivity contribution in [1.82, 2.24) is 14.9 Å². The number of benzene rings is 1. The lowest BCUT2D eigenvalue weighted by Crippen LogP contribution is -2.27. The quantitative estimate of drug-likeness (QED) is 0.873. The summed E-state index contributed by atoms with van der Waals surface area (Å²) < 4.78 is 0. The first kappa shape index (κ1) is 13.7. The zero-order valence-corrected chi connectivity index (χ0v) is 12.1. The van der Waals surface area contributed by atoms with E-state index in [1.807, 2.05) is 31.4 Å². The average Bonchev–Trinajstić information content (AvgIpc) is 2.91. The number of aromatic nitrogens is 2. The summed E-state index contributed by atoms with van der Waals surface area (Å²) in [5, 5.41) is 0. The Bertz CT molecular complexity index is 566. The van der Waals surface area contributed by atoms with Gasteiger partial charge in [-0.05, 0) is 30.9 Å². The highest BCUT2D eigenvalue weighted by atomic mass is 32.2. The second-order valence-corrected chi connectivity index (χ2v) is 5.26. The van der Waals surface area contributed by atoms with Crippen molar-refractivity contribution in [2.24, 2.45) is 0 Å². The molecule has 2 aromatic rings. The van der Waals surface area contributed by atoms with Gasteiger partial charge in [0, 0.05) is 29.9 Å². The Balaban J connectivity index is 2.18. The molecule has 19 heavy (non-hydrogen) atoms. The molecule has 0 radical (unpaired) electrons. The molecule has 1 aromatic heterocycles. The van der Waals surface area contributed by atoms with Crippen LogP contribution >= 0.6 is 11.8 Å². The van der Waals surface area contributed by atoms with Gasteiger partial charge in [0.05, 0.1) is 6.54 Å². The number of aromatic amines is 1. The molecule has 0 unspecified atom stereocenters. The number of carbonyl (C=O) groups excluding carboxylic acids is 1. The summed E-state index contributed by atoms with van der Waals surface area (Å²) in [4.78, 5) is 22.3. The highest BCUT2D eigenvalue weighted by Gasteiger charge is 2.15. The second kappa shape index (κ2) is 5.93. The van der Waals surface area contributed by atoms with Crippen molar-refractivity contribution in [3.8, 4) is 0 Å². The summed E-state index contributed by atoms with van der Waals surface area (Å²) in [7, 11) is 1.79. The normalized spacial score (nSPS) is 10.5. The molecule has 1 amide bonds. The number of nitrogens with zero attached hydrogens (tertiary/aromatic N) is 2. The fraction of sp³-hybridized carbons (Fsp3) is 0.286. The van der Waals surface area contributed by atoms with Crippen molar-refractivity contribution in [3.63, 3.8) is 0 Å². The standard InChI is InChI=1S/C14H17N3OS/c1-10-4-5-11(19-3)8-12(10)14(18)17(2)9-13-15-6-7-16-13/h4-8H,9H2,1-3H3,(H,15,16). The van der Waals surface area contributed by atoms with Gasteiger partial charge >= 0.3 is 0 Å². The van der Waals surface area contributed by atoms with Gasteiger partial charge in [-0.15, -0.1) is 11.8 Å². The van der Waals surface area contributed by atoms with Gasteiger partial charge in [-0.3, -0.25) is 4.79 Å². The van der Waals surface area contributed by atoms with Gasteiger partial charge in [-0.1, -0.05) is 6.07 Å². The molecule has 0 fully saturated rings. The summed E-state index contributed by atoms with van der Waals surface area (Å²) in [6, 6.07) is 5.96. The van der Waals surface area contributed by atoms with Crippen LogP contribution in [-0.2, 0) is 6.54 Å². The van der Waals surface area contributed by atoms with Crippen LogP contribution in [0.25, 0.3) is 0 Å². The van der Waals surface area contributed by atoms with Gasteiger partial charge in [0.25, 0.3) is 5.91 Å². The molecule has 100 valence electrons. The molecule has 0 atom stereocenters. The zero-order chi connectivity index (χ0) is 13.8. The number of amides is 1. The SMILES string of the molecule is CSc1ccc(C)c(C(=O)N(C)Cc2ncc[nH]2)c1.